The normalized spacial score (nSPS) is 14.5. The molecule has 0 radical (unpaired) electrons. The molecule has 1 aliphatic carbocycles. The Balaban J connectivity index is 1.50. The third-order valence-corrected chi connectivity index (χ3v) is 7.05. The van der Waals surface area contributed by atoms with E-state index in [1.54, 1.807) is 37.3 Å². The van der Waals surface area contributed by atoms with Crippen molar-refractivity contribution in [1.82, 2.24) is 9.55 Å². The Labute approximate surface area is 224 Å². The van der Waals surface area contributed by atoms with Crippen LogP contribution in [0.25, 0.3) is 11.3 Å². The predicted molar refractivity (Wildman–Crippen MR) is 146 cm³/mol. The number of H-pyrrole nitrogens is 1. The summed E-state index contributed by atoms with van der Waals surface area (Å²) in [6.45, 7) is 1.78. The lowest BCUT2D eigenvalue weighted by molar-refractivity contribution is -0.120. The largest absolute Gasteiger partial charge is 0.493 e. The third-order valence-electron chi connectivity index (χ3n) is 7.05. The van der Waals surface area contributed by atoms with Gasteiger partial charge in [0.2, 0.25) is 11.8 Å². The summed E-state index contributed by atoms with van der Waals surface area (Å²) in [5, 5.41) is 22.8. The van der Waals surface area contributed by atoms with Crippen molar-refractivity contribution in [2.45, 2.75) is 37.6 Å². The van der Waals surface area contributed by atoms with Gasteiger partial charge in [-0.1, -0.05) is 43.3 Å². The van der Waals surface area contributed by atoms with E-state index < -0.39 is 35.3 Å². The molecule has 0 bridgehead atoms. The number of benzene rings is 3. The lowest BCUT2D eigenvalue weighted by atomic mass is 9.92. The fourth-order valence-corrected chi connectivity index (χ4v) is 4.80. The minimum absolute atomic E-state index is 0.0106. The first-order valence-electron chi connectivity index (χ1n) is 12.9. The summed E-state index contributed by atoms with van der Waals surface area (Å²) in [5.74, 6) is -1.29. The first-order valence-corrected chi connectivity index (χ1v) is 12.9. The smallest absolute Gasteiger partial charge is 0.329 e. The van der Waals surface area contributed by atoms with Crippen LogP contribution in [0.2, 0.25) is 0 Å². The average molecular weight is 532 g/mol. The van der Waals surface area contributed by atoms with Gasteiger partial charge >= 0.3 is 5.69 Å². The van der Waals surface area contributed by atoms with Crippen LogP contribution in [-0.2, 0) is 4.79 Å². The molecule has 1 saturated carbocycles. The van der Waals surface area contributed by atoms with E-state index in [-0.39, 0.29) is 24.6 Å². The summed E-state index contributed by atoms with van der Waals surface area (Å²) in [7, 11) is 0. The molecule has 2 unspecified atom stereocenters. The van der Waals surface area contributed by atoms with Crippen LogP contribution >= 0.6 is 0 Å². The van der Waals surface area contributed by atoms with Crippen LogP contribution in [0.1, 0.15) is 48.8 Å². The number of rotatable bonds is 10. The van der Waals surface area contributed by atoms with Gasteiger partial charge in [-0.05, 0) is 66.3 Å². The number of imidazole rings is 1. The Kier molecular flexibility index (Phi) is 7.51. The molecule has 0 aliphatic heterocycles. The molecule has 1 aliphatic rings. The molecule has 4 aromatic rings. The minimum Gasteiger partial charge on any atom is -0.493 e. The lowest BCUT2D eigenvalue weighted by Crippen LogP contribution is -2.35. The number of ether oxygens (including phenoxy) is 1. The molecule has 5 rings (SSSR count). The van der Waals surface area contributed by atoms with E-state index >= 15 is 0 Å². The average Bonchev–Trinajstić information content (AvgIpc) is 3.76. The maximum Gasteiger partial charge on any atom is 0.329 e. The summed E-state index contributed by atoms with van der Waals surface area (Å²) < 4.78 is 21.3. The van der Waals surface area contributed by atoms with Gasteiger partial charge < -0.3 is 25.3 Å². The van der Waals surface area contributed by atoms with E-state index in [0.29, 0.717) is 17.2 Å². The molecule has 2 atom stereocenters. The zero-order chi connectivity index (χ0) is 27.5. The summed E-state index contributed by atoms with van der Waals surface area (Å²) in [6.07, 6.45) is 2.05. The first-order chi connectivity index (χ1) is 18.9. The Morgan fingerprint density at radius 3 is 2.49 bits per heavy atom. The highest BCUT2D eigenvalue weighted by atomic mass is 19.1. The second kappa shape index (κ2) is 11.2. The topological polar surface area (TPSA) is 117 Å². The number of nitrogens with one attached hydrogen (secondary N) is 2. The Morgan fingerprint density at radius 1 is 1.13 bits per heavy atom. The van der Waals surface area contributed by atoms with E-state index in [9.17, 15) is 19.1 Å². The highest BCUT2D eigenvalue weighted by Crippen LogP contribution is 2.41. The molecule has 0 saturated heterocycles. The van der Waals surface area contributed by atoms with Gasteiger partial charge in [-0.3, -0.25) is 4.79 Å². The number of nitrogens with zero attached hydrogens (tertiary/aromatic N) is 1. The molecular formula is C30H30FN3O5. The van der Waals surface area contributed by atoms with Crippen molar-refractivity contribution in [2.75, 3.05) is 18.5 Å². The third kappa shape index (κ3) is 5.58. The van der Waals surface area contributed by atoms with Crippen LogP contribution in [0.5, 0.6) is 11.6 Å². The van der Waals surface area contributed by atoms with Gasteiger partial charge in [-0.25, -0.2) is 13.8 Å². The van der Waals surface area contributed by atoms with E-state index in [0.717, 1.165) is 28.5 Å². The molecule has 39 heavy (non-hydrogen) atoms. The summed E-state index contributed by atoms with van der Waals surface area (Å²) in [6, 6.07) is 19.3. The molecule has 1 amide bonds. The summed E-state index contributed by atoms with van der Waals surface area (Å²) >= 11 is 0. The maximum atomic E-state index is 14.9. The van der Waals surface area contributed by atoms with Crippen molar-refractivity contribution in [3.8, 4) is 22.9 Å². The zero-order valence-corrected chi connectivity index (χ0v) is 21.4. The molecule has 1 heterocycles. The van der Waals surface area contributed by atoms with Crippen molar-refractivity contribution >= 4 is 11.6 Å². The predicted octanol–water partition coefficient (Wildman–Crippen LogP) is 4.92. The van der Waals surface area contributed by atoms with Crippen LogP contribution in [0.4, 0.5) is 10.1 Å². The summed E-state index contributed by atoms with van der Waals surface area (Å²) in [4.78, 5) is 29.6. The molecule has 1 fully saturated rings. The van der Waals surface area contributed by atoms with Crippen LogP contribution in [0.3, 0.4) is 0 Å². The molecule has 9 heteroatoms. The molecular weight excluding hydrogens is 501 g/mol. The zero-order valence-electron chi connectivity index (χ0n) is 21.4. The van der Waals surface area contributed by atoms with Gasteiger partial charge in [-0.15, -0.1) is 0 Å². The molecule has 3 aromatic carbocycles. The number of aromatic amines is 1. The number of halogens is 1. The fourth-order valence-electron chi connectivity index (χ4n) is 4.80. The monoisotopic (exact) mass is 531 g/mol. The summed E-state index contributed by atoms with van der Waals surface area (Å²) in [5.41, 5.74) is 1.62. The number of carbonyl (C=O) groups excluding carboxylic acids is 1. The van der Waals surface area contributed by atoms with Crippen LogP contribution in [0.15, 0.2) is 77.6 Å². The second-order valence-electron chi connectivity index (χ2n) is 9.74. The fraction of sp³-hybridized carbons (Fsp3) is 0.267. The number of hydrogen-bond donors (Lipinski definition) is 4. The number of aliphatic hydroxyl groups excluding tert-OH is 1. The van der Waals surface area contributed by atoms with E-state index in [1.807, 2.05) is 30.3 Å². The number of aliphatic hydroxyl groups is 1. The van der Waals surface area contributed by atoms with Crippen LogP contribution in [0, 0.1) is 5.82 Å². The highest BCUT2D eigenvalue weighted by molar-refractivity contribution is 5.95. The number of amides is 1. The molecule has 8 nitrogen and oxygen atoms in total. The van der Waals surface area contributed by atoms with Crippen LogP contribution < -0.4 is 15.7 Å². The second-order valence-corrected chi connectivity index (χ2v) is 9.74. The molecule has 4 N–H and O–H groups in total. The van der Waals surface area contributed by atoms with Gasteiger partial charge in [0.1, 0.15) is 29.9 Å². The van der Waals surface area contributed by atoms with E-state index in [1.165, 1.54) is 12.1 Å². The van der Waals surface area contributed by atoms with Crippen molar-refractivity contribution in [3.05, 3.63) is 100 Å². The Morgan fingerprint density at radius 2 is 1.85 bits per heavy atom. The van der Waals surface area contributed by atoms with Crippen molar-refractivity contribution < 1.29 is 24.1 Å². The van der Waals surface area contributed by atoms with Gasteiger partial charge in [0.15, 0.2) is 0 Å². The van der Waals surface area contributed by atoms with E-state index in [2.05, 4.69) is 10.3 Å². The van der Waals surface area contributed by atoms with Gasteiger partial charge in [0.05, 0.1) is 12.3 Å². The van der Waals surface area contributed by atoms with Gasteiger partial charge in [0, 0.05) is 11.5 Å². The Hall–Kier alpha value is -4.37. The van der Waals surface area contributed by atoms with Crippen LogP contribution in [-0.4, -0.2) is 38.9 Å². The minimum atomic E-state index is -1.19. The van der Waals surface area contributed by atoms with Crippen molar-refractivity contribution in [3.63, 3.8) is 0 Å². The number of hydrogen-bond acceptors (Lipinski definition) is 5. The molecule has 1 aromatic heterocycles. The first kappa shape index (κ1) is 26.2. The Bertz CT molecular complexity index is 1510. The number of aromatic hydroxyl groups is 1. The number of anilines is 1. The standard InChI is InChI=1S/C30H30FN3O5/c1-18(19-5-3-2-4-6-19)27(28(36)32-25-14-11-22(17-24(25)31)20-7-8-20)34-29(37)26(33-30(34)38)21-9-12-23(13-10-21)39-16-15-35/h2-6,9-14,17-18,20,27,35,37H,7-8,15-16H2,1H3,(H,32,36)(H,33,38). The maximum absolute atomic E-state index is 14.9. The lowest BCUT2D eigenvalue weighted by Gasteiger charge is -2.25. The number of aromatic nitrogens is 2. The van der Waals surface area contributed by atoms with Gasteiger partial charge in [0.25, 0.3) is 0 Å². The van der Waals surface area contributed by atoms with E-state index in [4.69, 9.17) is 9.84 Å². The highest BCUT2D eigenvalue weighted by Gasteiger charge is 2.34. The molecule has 0 spiro atoms. The molecule has 202 valence electrons. The number of carbonyl (C=O) groups is 1. The van der Waals surface area contributed by atoms with Gasteiger partial charge in [-0.2, -0.15) is 0 Å². The van der Waals surface area contributed by atoms with Crippen molar-refractivity contribution in [1.29, 1.82) is 0 Å². The van der Waals surface area contributed by atoms with Crippen molar-refractivity contribution in [2.24, 2.45) is 0 Å². The SMILES string of the molecule is CC(c1ccccc1)C(C(=O)Nc1ccc(C2CC2)cc1F)n1c(O)c(-c2ccc(OCCO)cc2)[nH]c1=O. The quantitative estimate of drug-likeness (QED) is 0.232.